The summed E-state index contributed by atoms with van der Waals surface area (Å²) in [4.78, 5) is 12.5. The number of rotatable bonds is 5. The molecule has 0 aliphatic carbocycles. The third-order valence-electron chi connectivity index (χ3n) is 1.86. The summed E-state index contributed by atoms with van der Waals surface area (Å²) in [5.74, 6) is -0.0000463. The molecular weight excluding hydrogens is 198 g/mol. The zero-order valence-corrected chi connectivity index (χ0v) is 9.01. The first kappa shape index (κ1) is 11.2. The normalized spacial score (nSPS) is 12.4. The van der Waals surface area contributed by atoms with Gasteiger partial charge in [-0.3, -0.25) is 4.79 Å². The van der Waals surface area contributed by atoms with E-state index >= 15 is 0 Å². The number of aliphatic hydroxyl groups excluding tert-OH is 1. The molecule has 0 spiro atoms. The van der Waals surface area contributed by atoms with Crippen LogP contribution in [0.2, 0.25) is 0 Å². The fourth-order valence-electron chi connectivity index (χ4n) is 1.08. The highest BCUT2D eigenvalue weighted by Crippen LogP contribution is 2.10. The number of nitrogens with one attached hydrogen (secondary N) is 1. The van der Waals surface area contributed by atoms with E-state index < -0.39 is 0 Å². The van der Waals surface area contributed by atoms with Crippen LogP contribution in [0, 0.1) is 0 Å². The van der Waals surface area contributed by atoms with Gasteiger partial charge in [0, 0.05) is 17.3 Å². The molecule has 0 saturated carbocycles. The zero-order chi connectivity index (χ0) is 10.4. The van der Waals surface area contributed by atoms with Gasteiger partial charge in [-0.1, -0.05) is 6.07 Å². The Morgan fingerprint density at radius 2 is 2.50 bits per heavy atom. The van der Waals surface area contributed by atoms with E-state index in [0.717, 1.165) is 6.42 Å². The van der Waals surface area contributed by atoms with Gasteiger partial charge in [0.05, 0.1) is 6.61 Å². The highest BCUT2D eigenvalue weighted by Gasteiger charge is 2.06. The van der Waals surface area contributed by atoms with Gasteiger partial charge in [-0.05, 0) is 24.8 Å². The summed E-state index contributed by atoms with van der Waals surface area (Å²) in [5.41, 5.74) is 0. The summed E-state index contributed by atoms with van der Waals surface area (Å²) in [6, 6.07) is 3.85. The molecule has 1 atom stereocenters. The van der Waals surface area contributed by atoms with Crippen LogP contribution >= 0.6 is 11.3 Å². The van der Waals surface area contributed by atoms with E-state index in [1.165, 1.54) is 4.88 Å². The number of carbonyl (C=O) groups excluding carboxylic acids is 1. The van der Waals surface area contributed by atoms with Gasteiger partial charge >= 0.3 is 0 Å². The van der Waals surface area contributed by atoms with Gasteiger partial charge in [0.1, 0.15) is 0 Å². The minimum Gasteiger partial charge on any atom is -0.394 e. The number of thiophene rings is 1. The summed E-state index contributed by atoms with van der Waals surface area (Å²) < 4.78 is 0. The standard InChI is InChI=1S/C10H15NO2S/c1-8(7-12)11-10(13)5-4-9-3-2-6-14-9/h2-3,6,8,12H,4-5,7H2,1H3,(H,11,13)/t8-/m0/s1. The van der Waals surface area contributed by atoms with E-state index in [1.807, 2.05) is 17.5 Å². The number of amides is 1. The fourth-order valence-corrected chi connectivity index (χ4v) is 1.79. The van der Waals surface area contributed by atoms with E-state index in [9.17, 15) is 4.79 Å². The predicted octanol–water partition coefficient (Wildman–Crippen LogP) is 1.18. The van der Waals surface area contributed by atoms with Crippen molar-refractivity contribution in [2.75, 3.05) is 6.61 Å². The molecule has 0 aliphatic heterocycles. The summed E-state index contributed by atoms with van der Waals surface area (Å²) >= 11 is 1.66. The average molecular weight is 213 g/mol. The van der Waals surface area contributed by atoms with Crippen LogP contribution in [0.5, 0.6) is 0 Å². The van der Waals surface area contributed by atoms with E-state index in [0.29, 0.717) is 6.42 Å². The molecule has 1 amide bonds. The molecule has 4 heteroatoms. The predicted molar refractivity (Wildman–Crippen MR) is 57.3 cm³/mol. The van der Waals surface area contributed by atoms with E-state index in [2.05, 4.69) is 5.32 Å². The second kappa shape index (κ2) is 5.78. The Bertz CT molecular complexity index is 272. The second-order valence-corrected chi connectivity index (χ2v) is 4.26. The summed E-state index contributed by atoms with van der Waals surface area (Å²) in [6.45, 7) is 1.77. The molecule has 0 radical (unpaired) electrons. The van der Waals surface area contributed by atoms with Gasteiger partial charge in [-0.25, -0.2) is 0 Å². The Balaban J connectivity index is 2.22. The molecule has 0 aromatic carbocycles. The Morgan fingerprint density at radius 3 is 3.07 bits per heavy atom. The highest BCUT2D eigenvalue weighted by atomic mass is 32.1. The van der Waals surface area contributed by atoms with E-state index in [1.54, 1.807) is 18.3 Å². The Labute approximate surface area is 87.8 Å². The Hall–Kier alpha value is -0.870. The van der Waals surface area contributed by atoms with Crippen LogP contribution in [0.1, 0.15) is 18.2 Å². The van der Waals surface area contributed by atoms with Crippen molar-refractivity contribution >= 4 is 17.2 Å². The summed E-state index contributed by atoms with van der Waals surface area (Å²) in [5, 5.41) is 13.4. The average Bonchev–Trinajstić information content (AvgIpc) is 2.67. The maximum Gasteiger partial charge on any atom is 0.220 e. The third-order valence-corrected chi connectivity index (χ3v) is 2.80. The SMILES string of the molecule is C[C@@H](CO)NC(=O)CCc1cccs1. The first-order valence-electron chi connectivity index (χ1n) is 4.65. The molecule has 3 nitrogen and oxygen atoms in total. The van der Waals surface area contributed by atoms with Crippen molar-refractivity contribution in [3.63, 3.8) is 0 Å². The zero-order valence-electron chi connectivity index (χ0n) is 8.19. The first-order chi connectivity index (χ1) is 6.72. The van der Waals surface area contributed by atoms with Crippen LogP contribution in [0.4, 0.5) is 0 Å². The lowest BCUT2D eigenvalue weighted by Crippen LogP contribution is -2.35. The Morgan fingerprint density at radius 1 is 1.71 bits per heavy atom. The molecule has 1 aromatic heterocycles. The van der Waals surface area contributed by atoms with Crippen LogP contribution < -0.4 is 5.32 Å². The van der Waals surface area contributed by atoms with Gasteiger partial charge < -0.3 is 10.4 Å². The highest BCUT2D eigenvalue weighted by molar-refractivity contribution is 7.09. The first-order valence-corrected chi connectivity index (χ1v) is 5.53. The molecule has 0 fully saturated rings. The molecule has 78 valence electrons. The number of carbonyl (C=O) groups is 1. The van der Waals surface area contributed by atoms with Crippen LogP contribution in [-0.4, -0.2) is 23.7 Å². The second-order valence-electron chi connectivity index (χ2n) is 3.23. The van der Waals surface area contributed by atoms with Crippen molar-refractivity contribution in [3.05, 3.63) is 22.4 Å². The lowest BCUT2D eigenvalue weighted by Gasteiger charge is -2.09. The third kappa shape index (κ3) is 3.89. The maximum atomic E-state index is 11.3. The van der Waals surface area contributed by atoms with E-state index in [4.69, 9.17) is 5.11 Å². The topological polar surface area (TPSA) is 49.3 Å². The lowest BCUT2D eigenvalue weighted by molar-refractivity contribution is -0.121. The van der Waals surface area contributed by atoms with Crippen molar-refractivity contribution in [2.45, 2.75) is 25.8 Å². The molecule has 2 N–H and O–H groups in total. The molecule has 1 rings (SSSR count). The molecule has 14 heavy (non-hydrogen) atoms. The number of aryl methyl sites for hydroxylation is 1. The van der Waals surface area contributed by atoms with Gasteiger partial charge in [-0.15, -0.1) is 11.3 Å². The molecule has 0 aliphatic rings. The molecule has 0 saturated heterocycles. The maximum absolute atomic E-state index is 11.3. The summed E-state index contributed by atoms with van der Waals surface area (Å²) in [7, 11) is 0. The largest absolute Gasteiger partial charge is 0.394 e. The number of hydrogen-bond donors (Lipinski definition) is 2. The minimum atomic E-state index is -0.147. The van der Waals surface area contributed by atoms with E-state index in [-0.39, 0.29) is 18.6 Å². The van der Waals surface area contributed by atoms with Crippen molar-refractivity contribution in [1.82, 2.24) is 5.32 Å². The number of hydrogen-bond acceptors (Lipinski definition) is 3. The molecule has 0 unspecified atom stereocenters. The van der Waals surface area contributed by atoms with Gasteiger partial charge in [0.2, 0.25) is 5.91 Å². The van der Waals surface area contributed by atoms with Gasteiger partial charge in [0.15, 0.2) is 0 Å². The monoisotopic (exact) mass is 213 g/mol. The van der Waals surface area contributed by atoms with Gasteiger partial charge in [0.25, 0.3) is 0 Å². The molecule has 1 heterocycles. The summed E-state index contributed by atoms with van der Waals surface area (Å²) in [6.07, 6.45) is 1.27. The molecular formula is C10H15NO2S. The quantitative estimate of drug-likeness (QED) is 0.771. The number of aliphatic hydroxyl groups is 1. The lowest BCUT2D eigenvalue weighted by atomic mass is 10.2. The Kier molecular flexibility index (Phi) is 4.62. The van der Waals surface area contributed by atoms with Crippen molar-refractivity contribution < 1.29 is 9.90 Å². The molecule has 0 bridgehead atoms. The van der Waals surface area contributed by atoms with Crippen LogP contribution in [0.25, 0.3) is 0 Å². The fraction of sp³-hybridized carbons (Fsp3) is 0.500. The minimum absolute atomic E-state index is 0.0000463. The van der Waals surface area contributed by atoms with Crippen LogP contribution in [0.3, 0.4) is 0 Å². The smallest absolute Gasteiger partial charge is 0.220 e. The van der Waals surface area contributed by atoms with Crippen LogP contribution in [-0.2, 0) is 11.2 Å². The van der Waals surface area contributed by atoms with Crippen LogP contribution in [0.15, 0.2) is 17.5 Å². The van der Waals surface area contributed by atoms with Gasteiger partial charge in [-0.2, -0.15) is 0 Å². The van der Waals surface area contributed by atoms with Crippen molar-refractivity contribution in [2.24, 2.45) is 0 Å². The van der Waals surface area contributed by atoms with Crippen molar-refractivity contribution in [1.29, 1.82) is 0 Å². The molecule has 1 aromatic rings. The van der Waals surface area contributed by atoms with Crippen molar-refractivity contribution in [3.8, 4) is 0 Å².